The van der Waals surface area contributed by atoms with Crippen molar-refractivity contribution in [2.75, 3.05) is 0 Å². The zero-order chi connectivity index (χ0) is 13.6. The Morgan fingerprint density at radius 3 is 2.58 bits per heavy atom. The minimum absolute atomic E-state index is 0.252. The zero-order valence-electron chi connectivity index (χ0n) is 9.81. The summed E-state index contributed by atoms with van der Waals surface area (Å²) in [5, 5.41) is 0.0951. The Kier molecular flexibility index (Phi) is 3.08. The van der Waals surface area contributed by atoms with Gasteiger partial charge in [-0.3, -0.25) is 0 Å². The lowest BCUT2D eigenvalue weighted by Gasteiger charge is -2.10. The lowest BCUT2D eigenvalue weighted by atomic mass is 10.0. The van der Waals surface area contributed by atoms with Crippen LogP contribution >= 0.6 is 23.2 Å². The van der Waals surface area contributed by atoms with Crippen LogP contribution in [0.25, 0.3) is 0 Å². The first-order valence-electron chi connectivity index (χ1n) is 5.76. The van der Waals surface area contributed by atoms with Crippen molar-refractivity contribution in [3.05, 3.63) is 58.6 Å². The molecule has 0 aromatic heterocycles. The van der Waals surface area contributed by atoms with E-state index in [9.17, 15) is 8.42 Å². The van der Waals surface area contributed by atoms with Crippen molar-refractivity contribution in [2.45, 2.75) is 21.6 Å². The van der Waals surface area contributed by atoms with E-state index in [1.165, 1.54) is 6.07 Å². The van der Waals surface area contributed by atoms with Gasteiger partial charge >= 0.3 is 0 Å². The topological polar surface area (TPSA) is 34.1 Å². The average molecular weight is 313 g/mol. The normalized spacial score (nSPS) is 20.2. The van der Waals surface area contributed by atoms with Gasteiger partial charge in [-0.15, -0.1) is 11.6 Å². The average Bonchev–Trinajstić information content (AvgIpc) is 2.45. The molecule has 0 saturated carbocycles. The number of benzene rings is 2. The Morgan fingerprint density at radius 1 is 1.05 bits per heavy atom. The first-order valence-corrected chi connectivity index (χ1v) is 8.06. The molecule has 1 aliphatic heterocycles. The van der Waals surface area contributed by atoms with Crippen LogP contribution in [0.3, 0.4) is 0 Å². The van der Waals surface area contributed by atoms with Crippen molar-refractivity contribution < 1.29 is 8.42 Å². The lowest BCUT2D eigenvalue weighted by molar-refractivity contribution is 0.595. The highest BCUT2D eigenvalue weighted by Gasteiger charge is 2.31. The third kappa shape index (κ3) is 2.06. The summed E-state index contributed by atoms with van der Waals surface area (Å²) < 4.78 is 25.3. The fourth-order valence-electron chi connectivity index (χ4n) is 2.36. The van der Waals surface area contributed by atoms with Crippen LogP contribution in [0.4, 0.5) is 0 Å². The van der Waals surface area contributed by atoms with Gasteiger partial charge in [-0.1, -0.05) is 29.8 Å². The Balaban J connectivity index is 2.37. The molecule has 0 bridgehead atoms. The van der Waals surface area contributed by atoms with Crippen LogP contribution < -0.4 is 0 Å². The maximum Gasteiger partial charge on any atom is 0.207 e. The van der Waals surface area contributed by atoms with Gasteiger partial charge in [0.15, 0.2) is 0 Å². The highest BCUT2D eigenvalue weighted by Crippen LogP contribution is 2.40. The molecule has 2 nitrogen and oxygen atoms in total. The molecule has 0 fully saturated rings. The number of hydrogen-bond donors (Lipinski definition) is 0. The number of sulfone groups is 1. The van der Waals surface area contributed by atoms with E-state index in [0.29, 0.717) is 21.9 Å². The van der Waals surface area contributed by atoms with E-state index < -0.39 is 15.2 Å². The lowest BCUT2D eigenvalue weighted by Crippen LogP contribution is -2.04. The second kappa shape index (κ2) is 4.51. The second-order valence-corrected chi connectivity index (χ2v) is 7.31. The Hall–Kier alpha value is -1.03. The molecule has 0 unspecified atom stereocenters. The molecule has 98 valence electrons. The first-order chi connectivity index (χ1) is 9.00. The molecular weight excluding hydrogens is 303 g/mol. The number of rotatable bonds is 0. The van der Waals surface area contributed by atoms with Crippen LogP contribution in [0.15, 0.2) is 52.3 Å². The van der Waals surface area contributed by atoms with Gasteiger partial charge < -0.3 is 0 Å². The van der Waals surface area contributed by atoms with Gasteiger partial charge in [0, 0.05) is 5.02 Å². The molecule has 0 spiro atoms. The molecule has 0 N–H and O–H groups in total. The van der Waals surface area contributed by atoms with Gasteiger partial charge in [0.2, 0.25) is 9.84 Å². The Morgan fingerprint density at radius 2 is 1.79 bits per heavy atom. The van der Waals surface area contributed by atoms with E-state index in [2.05, 4.69) is 0 Å². The quantitative estimate of drug-likeness (QED) is 0.689. The molecule has 0 aliphatic carbocycles. The second-order valence-electron chi connectivity index (χ2n) is 4.46. The zero-order valence-corrected chi connectivity index (χ0v) is 12.1. The third-order valence-corrected chi connectivity index (χ3v) is 5.81. The number of halogens is 2. The summed E-state index contributed by atoms with van der Waals surface area (Å²) in [5.74, 6) is 0. The minimum atomic E-state index is -3.53. The van der Waals surface area contributed by atoms with Gasteiger partial charge in [-0.05, 0) is 41.8 Å². The highest BCUT2D eigenvalue weighted by molar-refractivity contribution is 7.91. The summed E-state index contributed by atoms with van der Waals surface area (Å²) in [4.78, 5) is 0.587. The number of alkyl halides is 1. The van der Waals surface area contributed by atoms with E-state index in [1.807, 2.05) is 6.07 Å². The van der Waals surface area contributed by atoms with Crippen molar-refractivity contribution in [1.29, 1.82) is 0 Å². The summed E-state index contributed by atoms with van der Waals surface area (Å²) in [5.41, 5.74) is 1.32. The molecule has 2 aromatic rings. The van der Waals surface area contributed by atoms with Crippen molar-refractivity contribution in [2.24, 2.45) is 0 Å². The van der Waals surface area contributed by atoms with E-state index in [1.54, 1.807) is 30.3 Å². The van der Waals surface area contributed by atoms with E-state index >= 15 is 0 Å². The van der Waals surface area contributed by atoms with Crippen LogP contribution in [0.5, 0.6) is 0 Å². The van der Waals surface area contributed by atoms with Gasteiger partial charge in [0.25, 0.3) is 0 Å². The van der Waals surface area contributed by atoms with Crippen LogP contribution in [-0.2, 0) is 16.3 Å². The Bertz CT molecular complexity index is 754. The largest absolute Gasteiger partial charge is 0.218 e. The Labute approximate surface area is 121 Å². The van der Waals surface area contributed by atoms with Gasteiger partial charge in [0.1, 0.15) is 0 Å². The molecule has 5 heteroatoms. The SMILES string of the molecule is O=S1(=O)c2ccccc2C[C@@H](Cl)c2cc(Cl)ccc21. The van der Waals surface area contributed by atoms with Crippen molar-refractivity contribution in [3.8, 4) is 0 Å². The highest BCUT2D eigenvalue weighted by atomic mass is 35.5. The van der Waals surface area contributed by atoms with E-state index in [4.69, 9.17) is 23.2 Å². The summed E-state index contributed by atoms with van der Waals surface area (Å²) in [6.07, 6.45) is 0.476. The van der Waals surface area contributed by atoms with E-state index in [0.717, 1.165) is 5.56 Å². The fraction of sp³-hybridized carbons (Fsp3) is 0.143. The van der Waals surface area contributed by atoms with Crippen molar-refractivity contribution in [3.63, 3.8) is 0 Å². The third-order valence-electron chi connectivity index (χ3n) is 3.26. The summed E-state index contributed by atoms with van der Waals surface area (Å²) in [7, 11) is -3.53. The van der Waals surface area contributed by atoms with Crippen LogP contribution in [0, 0.1) is 0 Å². The molecule has 1 heterocycles. The molecule has 1 atom stereocenters. The van der Waals surface area contributed by atoms with Crippen LogP contribution in [0.1, 0.15) is 16.5 Å². The molecule has 1 aliphatic rings. The van der Waals surface area contributed by atoms with Gasteiger partial charge in [-0.25, -0.2) is 8.42 Å². The predicted octanol–water partition coefficient (Wildman–Crippen LogP) is 4.01. The predicted molar refractivity (Wildman–Crippen MR) is 75.6 cm³/mol. The minimum Gasteiger partial charge on any atom is -0.218 e. The molecule has 2 aromatic carbocycles. The smallest absolute Gasteiger partial charge is 0.207 e. The summed E-state index contributed by atoms with van der Waals surface area (Å²) >= 11 is 12.3. The van der Waals surface area contributed by atoms with Crippen molar-refractivity contribution >= 4 is 33.0 Å². The molecule has 0 amide bonds. The monoisotopic (exact) mass is 312 g/mol. The van der Waals surface area contributed by atoms with Gasteiger partial charge in [-0.2, -0.15) is 0 Å². The van der Waals surface area contributed by atoms with Gasteiger partial charge in [0.05, 0.1) is 15.2 Å². The summed E-state index contributed by atoms with van der Waals surface area (Å²) in [6, 6.07) is 11.7. The fourth-order valence-corrected chi connectivity index (χ4v) is 4.71. The molecular formula is C14H10Cl2O2S. The van der Waals surface area contributed by atoms with E-state index in [-0.39, 0.29) is 4.90 Å². The van der Waals surface area contributed by atoms with Crippen LogP contribution in [0.2, 0.25) is 5.02 Å². The maximum absolute atomic E-state index is 12.7. The standard InChI is InChI=1S/C14H10Cl2O2S/c15-10-5-6-14-11(8-10)12(16)7-9-3-1-2-4-13(9)19(14,17)18/h1-6,8,12H,7H2/t12-/m1/s1. The van der Waals surface area contributed by atoms with Crippen molar-refractivity contribution in [1.82, 2.24) is 0 Å². The molecule has 0 saturated heterocycles. The molecule has 3 rings (SSSR count). The summed E-state index contributed by atoms with van der Waals surface area (Å²) in [6.45, 7) is 0. The number of fused-ring (bicyclic) bond motifs is 2. The first kappa shape index (κ1) is 13.0. The molecule has 0 radical (unpaired) electrons. The van der Waals surface area contributed by atoms with Crippen LogP contribution in [-0.4, -0.2) is 8.42 Å². The number of hydrogen-bond acceptors (Lipinski definition) is 2. The maximum atomic E-state index is 12.7. The molecule has 19 heavy (non-hydrogen) atoms.